The van der Waals surface area contributed by atoms with Crippen LogP contribution in [0, 0.1) is 0 Å². The van der Waals surface area contributed by atoms with E-state index < -0.39 is 24.1 Å². The number of esters is 2. The van der Waals surface area contributed by atoms with Crippen molar-refractivity contribution in [3.63, 3.8) is 0 Å². The highest BCUT2D eigenvalue weighted by Crippen LogP contribution is 2.15. The number of cyclic esters (lactones) is 2. The topological polar surface area (TPSA) is 52.6 Å². The van der Waals surface area contributed by atoms with E-state index in [1.54, 1.807) is 0 Å². The molecule has 0 aromatic heterocycles. The van der Waals surface area contributed by atoms with Crippen molar-refractivity contribution in [3.05, 3.63) is 0 Å². The summed E-state index contributed by atoms with van der Waals surface area (Å²) in [5.41, 5.74) is 0. The number of hydrogen-bond donors (Lipinski definition) is 0. The van der Waals surface area contributed by atoms with Crippen molar-refractivity contribution in [1.82, 2.24) is 0 Å². The molecule has 0 bridgehead atoms. The van der Waals surface area contributed by atoms with Crippen molar-refractivity contribution in [2.45, 2.75) is 51.7 Å². The van der Waals surface area contributed by atoms with Crippen LogP contribution in [0.5, 0.6) is 0 Å². The first kappa shape index (κ1) is 11.0. The summed E-state index contributed by atoms with van der Waals surface area (Å²) in [7, 11) is 0. The van der Waals surface area contributed by atoms with Gasteiger partial charge in [0.1, 0.15) is 0 Å². The fourth-order valence-corrected chi connectivity index (χ4v) is 1.34. The molecule has 0 amide bonds. The molecule has 4 heteroatoms. The average Bonchev–Trinajstić information content (AvgIpc) is 2.14. The minimum atomic E-state index is -0.745. The molecule has 1 rings (SSSR count). The summed E-state index contributed by atoms with van der Waals surface area (Å²) in [5.74, 6) is -0.848. The molecule has 0 saturated carbocycles. The van der Waals surface area contributed by atoms with E-state index in [1.165, 1.54) is 6.92 Å². The normalized spacial score (nSPS) is 27.0. The number of carbonyl (C=O) groups is 2. The molecule has 1 aliphatic rings. The van der Waals surface area contributed by atoms with E-state index in [4.69, 9.17) is 9.47 Å². The Morgan fingerprint density at radius 2 is 1.86 bits per heavy atom. The average molecular weight is 200 g/mol. The van der Waals surface area contributed by atoms with Crippen LogP contribution in [0.2, 0.25) is 0 Å². The van der Waals surface area contributed by atoms with Crippen LogP contribution in [-0.4, -0.2) is 24.1 Å². The summed E-state index contributed by atoms with van der Waals surface area (Å²) < 4.78 is 9.77. The predicted molar refractivity (Wildman–Crippen MR) is 49.6 cm³/mol. The van der Waals surface area contributed by atoms with Gasteiger partial charge in [-0.25, -0.2) is 9.59 Å². The Labute approximate surface area is 83.6 Å². The Morgan fingerprint density at radius 1 is 1.14 bits per heavy atom. The van der Waals surface area contributed by atoms with Crippen LogP contribution in [0.3, 0.4) is 0 Å². The van der Waals surface area contributed by atoms with E-state index in [1.807, 2.05) is 0 Å². The summed E-state index contributed by atoms with van der Waals surface area (Å²) in [6, 6.07) is 0. The summed E-state index contributed by atoms with van der Waals surface area (Å²) in [6.07, 6.45) is 2.15. The Kier molecular flexibility index (Phi) is 3.92. The van der Waals surface area contributed by atoms with Crippen LogP contribution >= 0.6 is 0 Å². The van der Waals surface area contributed by atoms with E-state index in [0.717, 1.165) is 19.3 Å². The second-order valence-electron chi connectivity index (χ2n) is 3.50. The molecule has 1 fully saturated rings. The second-order valence-corrected chi connectivity index (χ2v) is 3.50. The third-order valence-electron chi connectivity index (χ3n) is 2.22. The van der Waals surface area contributed by atoms with Crippen molar-refractivity contribution >= 4 is 11.9 Å². The van der Waals surface area contributed by atoms with Gasteiger partial charge in [-0.05, 0) is 19.8 Å². The third kappa shape index (κ3) is 2.72. The molecule has 0 aromatic rings. The van der Waals surface area contributed by atoms with E-state index in [2.05, 4.69) is 6.92 Å². The minimum Gasteiger partial charge on any atom is -0.448 e. The van der Waals surface area contributed by atoms with Gasteiger partial charge in [-0.1, -0.05) is 19.8 Å². The highest BCUT2D eigenvalue weighted by molar-refractivity contribution is 5.87. The van der Waals surface area contributed by atoms with Gasteiger partial charge in [0.2, 0.25) is 0 Å². The maximum Gasteiger partial charge on any atom is 0.348 e. The first-order chi connectivity index (χ1) is 6.65. The van der Waals surface area contributed by atoms with E-state index in [-0.39, 0.29) is 0 Å². The molecule has 1 heterocycles. The lowest BCUT2D eigenvalue weighted by Crippen LogP contribution is -2.42. The summed E-state index contributed by atoms with van der Waals surface area (Å²) in [6.45, 7) is 3.59. The zero-order valence-electron chi connectivity index (χ0n) is 8.62. The van der Waals surface area contributed by atoms with Gasteiger partial charge in [0.15, 0.2) is 12.2 Å². The molecule has 0 aromatic carbocycles. The molecule has 0 radical (unpaired) electrons. The van der Waals surface area contributed by atoms with Crippen LogP contribution < -0.4 is 0 Å². The molecule has 4 nitrogen and oxygen atoms in total. The Bertz CT molecular complexity index is 224. The Balaban J connectivity index is 2.37. The van der Waals surface area contributed by atoms with Crippen molar-refractivity contribution in [2.75, 3.05) is 0 Å². The molecule has 1 saturated heterocycles. The van der Waals surface area contributed by atoms with Gasteiger partial charge in [0.25, 0.3) is 0 Å². The smallest absolute Gasteiger partial charge is 0.348 e. The Morgan fingerprint density at radius 3 is 2.50 bits per heavy atom. The quantitative estimate of drug-likeness (QED) is 0.508. The van der Waals surface area contributed by atoms with E-state index >= 15 is 0 Å². The largest absolute Gasteiger partial charge is 0.448 e. The molecule has 0 spiro atoms. The zero-order valence-corrected chi connectivity index (χ0v) is 8.62. The molecule has 0 aliphatic carbocycles. The number of unbranched alkanes of at least 4 members (excludes halogenated alkanes) is 2. The Hall–Kier alpha value is -1.06. The fourth-order valence-electron chi connectivity index (χ4n) is 1.34. The van der Waals surface area contributed by atoms with Crippen LogP contribution in [0.15, 0.2) is 0 Å². The maximum atomic E-state index is 11.2. The van der Waals surface area contributed by atoms with E-state index in [9.17, 15) is 9.59 Å². The van der Waals surface area contributed by atoms with Gasteiger partial charge in [-0.15, -0.1) is 0 Å². The lowest BCUT2D eigenvalue weighted by Gasteiger charge is -2.25. The predicted octanol–water partition coefficient (Wildman–Crippen LogP) is 1.42. The molecule has 1 aliphatic heterocycles. The monoisotopic (exact) mass is 200 g/mol. The molecule has 80 valence electrons. The van der Waals surface area contributed by atoms with Crippen LogP contribution in [-0.2, 0) is 19.1 Å². The van der Waals surface area contributed by atoms with Crippen molar-refractivity contribution in [2.24, 2.45) is 0 Å². The first-order valence-corrected chi connectivity index (χ1v) is 5.06. The summed E-state index contributed by atoms with van der Waals surface area (Å²) in [5, 5.41) is 0. The van der Waals surface area contributed by atoms with Gasteiger partial charge in [-0.2, -0.15) is 0 Å². The lowest BCUT2D eigenvalue weighted by atomic mass is 10.1. The minimum absolute atomic E-state index is 0.409. The number of rotatable bonds is 4. The summed E-state index contributed by atoms with van der Waals surface area (Å²) >= 11 is 0. The molecular formula is C10H16O4. The third-order valence-corrected chi connectivity index (χ3v) is 2.22. The van der Waals surface area contributed by atoms with Gasteiger partial charge < -0.3 is 9.47 Å². The molecular weight excluding hydrogens is 184 g/mol. The first-order valence-electron chi connectivity index (χ1n) is 5.06. The van der Waals surface area contributed by atoms with Crippen LogP contribution in [0.1, 0.15) is 39.5 Å². The van der Waals surface area contributed by atoms with Crippen molar-refractivity contribution in [1.29, 1.82) is 0 Å². The van der Waals surface area contributed by atoms with Gasteiger partial charge in [0, 0.05) is 0 Å². The number of hydrogen-bond acceptors (Lipinski definition) is 4. The zero-order chi connectivity index (χ0) is 10.6. The molecule has 2 atom stereocenters. The maximum absolute atomic E-state index is 11.2. The standard InChI is InChI=1S/C10H16O4/c1-3-4-5-6-8-10(12)13-7(2)9(11)14-8/h7-8H,3-6H2,1-2H3. The fraction of sp³-hybridized carbons (Fsp3) is 0.800. The molecule has 14 heavy (non-hydrogen) atoms. The van der Waals surface area contributed by atoms with Gasteiger partial charge >= 0.3 is 11.9 Å². The van der Waals surface area contributed by atoms with E-state index in [0.29, 0.717) is 6.42 Å². The van der Waals surface area contributed by atoms with Gasteiger partial charge in [0.05, 0.1) is 0 Å². The second kappa shape index (κ2) is 4.98. The number of ether oxygens (including phenoxy) is 2. The van der Waals surface area contributed by atoms with Crippen LogP contribution in [0.25, 0.3) is 0 Å². The van der Waals surface area contributed by atoms with Crippen molar-refractivity contribution < 1.29 is 19.1 Å². The van der Waals surface area contributed by atoms with Crippen molar-refractivity contribution in [3.8, 4) is 0 Å². The molecule has 0 N–H and O–H groups in total. The summed E-state index contributed by atoms with van der Waals surface area (Å²) in [4.78, 5) is 22.3. The SMILES string of the molecule is CCCCCC1OC(=O)C(C)OC1=O. The highest BCUT2D eigenvalue weighted by atomic mass is 16.6. The molecule has 2 unspecified atom stereocenters. The number of carbonyl (C=O) groups excluding carboxylic acids is 2. The highest BCUT2D eigenvalue weighted by Gasteiger charge is 2.34. The van der Waals surface area contributed by atoms with Crippen LogP contribution in [0.4, 0.5) is 0 Å². The lowest BCUT2D eigenvalue weighted by molar-refractivity contribution is -0.193. The van der Waals surface area contributed by atoms with Gasteiger partial charge in [-0.3, -0.25) is 0 Å².